The topological polar surface area (TPSA) is 61.8 Å². The second-order valence-electron chi connectivity index (χ2n) is 4.70. The first-order valence-corrected chi connectivity index (χ1v) is 9.62. The Morgan fingerprint density at radius 1 is 1.38 bits per heavy atom. The molecule has 0 aliphatic carbocycles. The number of carbonyl (C=O) groups is 1. The molecule has 21 heavy (non-hydrogen) atoms. The molecule has 1 heterocycles. The predicted octanol–water partition coefficient (Wildman–Crippen LogP) is 2.13. The fourth-order valence-corrected chi connectivity index (χ4v) is 5.93. The van der Waals surface area contributed by atoms with Crippen molar-refractivity contribution in [2.24, 2.45) is 0 Å². The summed E-state index contributed by atoms with van der Waals surface area (Å²) in [7, 11) is 0. The molecule has 5 nitrogen and oxygen atoms in total. The number of nitrogens with one attached hydrogen (secondary N) is 1. The Morgan fingerprint density at radius 3 is 2.67 bits per heavy atom. The van der Waals surface area contributed by atoms with Crippen LogP contribution in [0.25, 0.3) is 0 Å². The van der Waals surface area contributed by atoms with E-state index >= 15 is 0 Å². The number of nitrogens with zero attached hydrogens (tertiary/aromatic N) is 1. The summed E-state index contributed by atoms with van der Waals surface area (Å²) in [4.78, 5) is 14.2. The van der Waals surface area contributed by atoms with E-state index in [1.165, 1.54) is 0 Å². The summed E-state index contributed by atoms with van der Waals surface area (Å²) < 4.78 is 8.60. The fraction of sp³-hybridized carbons (Fsp3) is 0.462. The van der Waals surface area contributed by atoms with E-state index < -0.39 is 0 Å². The third-order valence-corrected chi connectivity index (χ3v) is 5.39. The lowest BCUT2D eigenvalue weighted by Gasteiger charge is -2.31. The highest BCUT2D eigenvalue weighted by molar-refractivity contribution is 14.1. The summed E-state index contributed by atoms with van der Waals surface area (Å²) in [6, 6.07) is 4.07. The van der Waals surface area contributed by atoms with Gasteiger partial charge in [0.15, 0.2) is 0 Å². The van der Waals surface area contributed by atoms with Crippen molar-refractivity contribution >= 4 is 79.4 Å². The van der Waals surface area contributed by atoms with Gasteiger partial charge in [-0.1, -0.05) is 0 Å². The van der Waals surface area contributed by atoms with Crippen molar-refractivity contribution in [3.63, 3.8) is 0 Å². The predicted molar refractivity (Wildman–Crippen MR) is 106 cm³/mol. The van der Waals surface area contributed by atoms with E-state index in [9.17, 15) is 4.79 Å². The molecule has 0 bridgehead atoms. The van der Waals surface area contributed by atoms with Crippen molar-refractivity contribution < 1.29 is 14.6 Å². The van der Waals surface area contributed by atoms with Crippen LogP contribution in [-0.4, -0.2) is 54.9 Å². The van der Waals surface area contributed by atoms with Crippen LogP contribution in [0.3, 0.4) is 0 Å². The summed E-state index contributed by atoms with van der Waals surface area (Å²) in [5, 5.41) is 12.1. The molecule has 1 unspecified atom stereocenters. The number of anilines is 1. The van der Waals surface area contributed by atoms with Gasteiger partial charge in [-0.05, 0) is 79.9 Å². The molecule has 0 aromatic heterocycles. The average molecular weight is 628 g/mol. The maximum Gasteiger partial charge on any atom is 0.238 e. The average Bonchev–Trinajstić information content (AvgIpc) is 2.43. The first-order chi connectivity index (χ1) is 9.99. The highest BCUT2D eigenvalue weighted by atomic mass is 127. The molecule has 2 rings (SSSR count). The molecule has 2 N–H and O–H groups in total. The molecule has 0 saturated carbocycles. The molecule has 1 atom stereocenters. The third kappa shape index (κ3) is 5.41. The van der Waals surface area contributed by atoms with Crippen LogP contribution in [0.15, 0.2) is 12.1 Å². The maximum absolute atomic E-state index is 12.2. The normalized spacial score (nSPS) is 19.5. The van der Waals surface area contributed by atoms with Crippen molar-refractivity contribution in [1.82, 2.24) is 4.90 Å². The van der Waals surface area contributed by atoms with Gasteiger partial charge in [0.1, 0.15) is 0 Å². The van der Waals surface area contributed by atoms with Crippen molar-refractivity contribution in [2.45, 2.75) is 6.10 Å². The molecule has 0 radical (unpaired) electrons. The number of aliphatic hydroxyl groups excluding tert-OH is 1. The van der Waals surface area contributed by atoms with E-state index in [1.807, 2.05) is 17.0 Å². The van der Waals surface area contributed by atoms with Crippen LogP contribution >= 0.6 is 67.8 Å². The van der Waals surface area contributed by atoms with Gasteiger partial charge in [-0.25, -0.2) is 0 Å². The van der Waals surface area contributed by atoms with Crippen molar-refractivity contribution in [3.05, 3.63) is 22.8 Å². The van der Waals surface area contributed by atoms with Gasteiger partial charge < -0.3 is 15.2 Å². The van der Waals surface area contributed by atoms with Crippen LogP contribution in [0.5, 0.6) is 0 Å². The van der Waals surface area contributed by atoms with Gasteiger partial charge >= 0.3 is 0 Å². The lowest BCUT2D eigenvalue weighted by atomic mass is 10.2. The maximum atomic E-state index is 12.2. The number of hydrogen-bond acceptors (Lipinski definition) is 4. The Balaban J connectivity index is 1.96. The molecule has 1 fully saturated rings. The number of amides is 1. The fourth-order valence-electron chi connectivity index (χ4n) is 2.08. The third-order valence-electron chi connectivity index (χ3n) is 3.07. The summed E-state index contributed by atoms with van der Waals surface area (Å²) in [6.45, 7) is 2.16. The lowest BCUT2D eigenvalue weighted by Crippen LogP contribution is -2.46. The second-order valence-corrected chi connectivity index (χ2v) is 8.27. The second kappa shape index (κ2) is 8.57. The zero-order valence-electron chi connectivity index (χ0n) is 11.1. The number of hydrogen-bond donors (Lipinski definition) is 2. The van der Waals surface area contributed by atoms with Gasteiger partial charge in [0, 0.05) is 23.8 Å². The highest BCUT2D eigenvalue weighted by Gasteiger charge is 2.22. The zero-order valence-corrected chi connectivity index (χ0v) is 17.6. The minimum Gasteiger partial charge on any atom is -0.394 e. The minimum atomic E-state index is -0.190. The molecule has 1 aromatic carbocycles. The Labute approximate surface area is 164 Å². The first kappa shape index (κ1) is 18.1. The minimum absolute atomic E-state index is 0.00889. The van der Waals surface area contributed by atoms with Crippen LogP contribution in [0.2, 0.25) is 0 Å². The van der Waals surface area contributed by atoms with Crippen LogP contribution < -0.4 is 5.32 Å². The summed E-state index contributed by atoms with van der Waals surface area (Å²) in [6.07, 6.45) is -0.190. The largest absolute Gasteiger partial charge is 0.394 e. The number of carbonyl (C=O) groups excluding carboxylic acids is 1. The number of halogens is 3. The molecular formula is C13H15I3N2O3. The molecule has 8 heteroatoms. The molecular weight excluding hydrogens is 613 g/mol. The first-order valence-electron chi connectivity index (χ1n) is 6.39. The summed E-state index contributed by atoms with van der Waals surface area (Å²) >= 11 is 6.73. The molecule has 1 saturated heterocycles. The molecule has 0 spiro atoms. The monoisotopic (exact) mass is 628 g/mol. The Bertz CT molecular complexity index is 504. The quantitative estimate of drug-likeness (QED) is 0.503. The lowest BCUT2D eigenvalue weighted by molar-refractivity contribution is -0.120. The van der Waals surface area contributed by atoms with Crippen LogP contribution in [0.4, 0.5) is 5.69 Å². The number of aliphatic hydroxyl groups is 1. The molecule has 116 valence electrons. The SMILES string of the molecule is O=C(CN1CCOC(CO)C1)Nc1c(I)cc(I)cc1I. The highest BCUT2D eigenvalue weighted by Crippen LogP contribution is 2.27. The Kier molecular flexibility index (Phi) is 7.39. The van der Waals surface area contributed by atoms with Crippen LogP contribution in [0, 0.1) is 10.7 Å². The van der Waals surface area contributed by atoms with E-state index in [2.05, 4.69) is 73.1 Å². The van der Waals surface area contributed by atoms with Crippen molar-refractivity contribution in [1.29, 1.82) is 0 Å². The smallest absolute Gasteiger partial charge is 0.238 e. The Morgan fingerprint density at radius 2 is 2.05 bits per heavy atom. The van der Waals surface area contributed by atoms with E-state index in [0.717, 1.165) is 16.4 Å². The number of rotatable bonds is 4. The summed E-state index contributed by atoms with van der Waals surface area (Å²) in [5.74, 6) is -0.0365. The molecule has 1 aliphatic rings. The van der Waals surface area contributed by atoms with Gasteiger partial charge in [-0.15, -0.1) is 0 Å². The number of morpholine rings is 1. The van der Waals surface area contributed by atoms with Crippen molar-refractivity contribution in [3.8, 4) is 0 Å². The van der Waals surface area contributed by atoms with Gasteiger partial charge in [-0.2, -0.15) is 0 Å². The van der Waals surface area contributed by atoms with E-state index in [0.29, 0.717) is 26.2 Å². The number of ether oxygens (including phenoxy) is 1. The van der Waals surface area contributed by atoms with E-state index in [-0.39, 0.29) is 18.6 Å². The number of benzene rings is 1. The standard InChI is InChI=1S/C13H15I3N2O3/c14-8-3-10(15)13(11(16)4-8)17-12(20)6-18-1-2-21-9(5-18)7-19/h3-4,9,19H,1-2,5-7H2,(H,17,20). The van der Waals surface area contributed by atoms with Crippen LogP contribution in [-0.2, 0) is 9.53 Å². The molecule has 1 aromatic rings. The zero-order chi connectivity index (χ0) is 15.4. The Hall–Kier alpha value is 0.760. The van der Waals surface area contributed by atoms with E-state index in [1.54, 1.807) is 0 Å². The van der Waals surface area contributed by atoms with Gasteiger partial charge in [0.25, 0.3) is 0 Å². The van der Waals surface area contributed by atoms with Gasteiger partial charge in [0.05, 0.1) is 31.5 Å². The molecule has 1 aliphatic heterocycles. The summed E-state index contributed by atoms with van der Waals surface area (Å²) in [5.41, 5.74) is 0.869. The van der Waals surface area contributed by atoms with Gasteiger partial charge in [-0.3, -0.25) is 9.69 Å². The van der Waals surface area contributed by atoms with Gasteiger partial charge in [0.2, 0.25) is 5.91 Å². The van der Waals surface area contributed by atoms with E-state index in [4.69, 9.17) is 9.84 Å². The van der Waals surface area contributed by atoms with Crippen LogP contribution in [0.1, 0.15) is 0 Å². The van der Waals surface area contributed by atoms with Crippen molar-refractivity contribution in [2.75, 3.05) is 38.2 Å². The molecule has 1 amide bonds.